The summed E-state index contributed by atoms with van der Waals surface area (Å²) in [5.74, 6) is 1.53. The minimum Gasteiger partial charge on any atom is -0.497 e. The van der Waals surface area contributed by atoms with Crippen LogP contribution in [0.25, 0.3) is 0 Å². The van der Waals surface area contributed by atoms with E-state index in [4.69, 9.17) is 9.47 Å². The standard InChI is InChI=1S/C18H23N3O3S/c1-23-15-8-14(9-16(10-15)24-2)17(22)20-11-13-4-3-6-21(12-13)18-19-5-7-25-18/h5,7-10,13H,3-4,6,11-12H2,1-2H3,(H,20,22). The maximum Gasteiger partial charge on any atom is 0.251 e. The quantitative estimate of drug-likeness (QED) is 0.857. The van der Waals surface area contributed by atoms with E-state index < -0.39 is 0 Å². The van der Waals surface area contributed by atoms with Gasteiger partial charge in [-0.05, 0) is 30.9 Å². The second kappa shape index (κ2) is 8.20. The number of benzene rings is 1. The summed E-state index contributed by atoms with van der Waals surface area (Å²) in [6, 6.07) is 5.20. The van der Waals surface area contributed by atoms with Crippen molar-refractivity contribution >= 4 is 22.4 Å². The topological polar surface area (TPSA) is 63.7 Å². The van der Waals surface area contributed by atoms with E-state index in [-0.39, 0.29) is 5.91 Å². The van der Waals surface area contributed by atoms with Crippen molar-refractivity contribution in [2.24, 2.45) is 5.92 Å². The molecule has 3 rings (SSSR count). The van der Waals surface area contributed by atoms with Crippen molar-refractivity contribution in [3.8, 4) is 11.5 Å². The van der Waals surface area contributed by atoms with Crippen molar-refractivity contribution < 1.29 is 14.3 Å². The molecule has 1 unspecified atom stereocenters. The van der Waals surface area contributed by atoms with Crippen molar-refractivity contribution in [2.75, 3.05) is 38.8 Å². The monoisotopic (exact) mass is 361 g/mol. The van der Waals surface area contributed by atoms with Gasteiger partial charge in [-0.25, -0.2) is 4.98 Å². The maximum atomic E-state index is 12.5. The van der Waals surface area contributed by atoms with Crippen molar-refractivity contribution in [2.45, 2.75) is 12.8 Å². The van der Waals surface area contributed by atoms with Gasteiger partial charge in [-0.3, -0.25) is 4.79 Å². The SMILES string of the molecule is COc1cc(OC)cc(C(=O)NCC2CCCN(c3nccs3)C2)c1. The first-order chi connectivity index (χ1) is 12.2. The molecule has 134 valence electrons. The molecule has 0 radical (unpaired) electrons. The van der Waals surface area contributed by atoms with Gasteiger partial charge in [0.05, 0.1) is 14.2 Å². The third kappa shape index (κ3) is 4.42. The predicted molar refractivity (Wildman–Crippen MR) is 98.9 cm³/mol. The second-order valence-electron chi connectivity index (χ2n) is 6.08. The molecule has 1 saturated heterocycles. The number of methoxy groups -OCH3 is 2. The van der Waals surface area contributed by atoms with E-state index in [0.717, 1.165) is 31.1 Å². The number of thiazole rings is 1. The Kier molecular flexibility index (Phi) is 5.75. The Balaban J connectivity index is 1.58. The Hall–Kier alpha value is -2.28. The number of hydrogen-bond acceptors (Lipinski definition) is 6. The number of hydrogen-bond donors (Lipinski definition) is 1. The number of amides is 1. The zero-order chi connectivity index (χ0) is 17.6. The van der Waals surface area contributed by atoms with Crippen LogP contribution in [0.5, 0.6) is 11.5 Å². The summed E-state index contributed by atoms with van der Waals surface area (Å²) in [5, 5.41) is 6.10. The van der Waals surface area contributed by atoms with Gasteiger partial charge in [-0.2, -0.15) is 0 Å². The molecule has 0 aliphatic carbocycles. The van der Waals surface area contributed by atoms with E-state index in [1.807, 2.05) is 11.6 Å². The van der Waals surface area contributed by atoms with Gasteiger partial charge in [-0.15, -0.1) is 11.3 Å². The fourth-order valence-corrected chi connectivity index (χ4v) is 3.74. The van der Waals surface area contributed by atoms with Crippen LogP contribution in [0.1, 0.15) is 23.2 Å². The number of carbonyl (C=O) groups excluding carboxylic acids is 1. The van der Waals surface area contributed by atoms with E-state index in [1.165, 1.54) is 0 Å². The molecule has 1 fully saturated rings. The van der Waals surface area contributed by atoms with E-state index >= 15 is 0 Å². The Morgan fingerprint density at radius 2 is 2.08 bits per heavy atom. The van der Waals surface area contributed by atoms with Crippen LogP contribution >= 0.6 is 11.3 Å². The highest BCUT2D eigenvalue weighted by Crippen LogP contribution is 2.25. The van der Waals surface area contributed by atoms with E-state index in [0.29, 0.717) is 29.5 Å². The number of ether oxygens (including phenoxy) is 2. The fourth-order valence-electron chi connectivity index (χ4n) is 3.06. The predicted octanol–water partition coefficient (Wildman–Crippen LogP) is 2.81. The van der Waals surface area contributed by atoms with Gasteiger partial charge in [0.1, 0.15) is 11.5 Å². The molecular weight excluding hydrogens is 338 g/mol. The van der Waals surface area contributed by atoms with Gasteiger partial charge >= 0.3 is 0 Å². The van der Waals surface area contributed by atoms with Crippen LogP contribution in [0, 0.1) is 5.92 Å². The van der Waals surface area contributed by atoms with Crippen LogP contribution < -0.4 is 19.7 Å². The number of nitrogens with one attached hydrogen (secondary N) is 1. The van der Waals surface area contributed by atoms with Gasteiger partial charge in [0, 0.05) is 42.8 Å². The number of carbonyl (C=O) groups is 1. The Morgan fingerprint density at radius 3 is 2.72 bits per heavy atom. The Labute approximate surface area is 151 Å². The molecule has 1 aliphatic heterocycles. The number of nitrogens with zero attached hydrogens (tertiary/aromatic N) is 2. The third-order valence-electron chi connectivity index (χ3n) is 4.37. The zero-order valence-electron chi connectivity index (χ0n) is 14.5. The largest absolute Gasteiger partial charge is 0.497 e. The lowest BCUT2D eigenvalue weighted by molar-refractivity contribution is 0.0945. The van der Waals surface area contributed by atoms with Crippen LogP contribution in [0.4, 0.5) is 5.13 Å². The van der Waals surface area contributed by atoms with Crippen molar-refractivity contribution in [1.29, 1.82) is 0 Å². The van der Waals surface area contributed by atoms with Crippen molar-refractivity contribution in [1.82, 2.24) is 10.3 Å². The average molecular weight is 361 g/mol. The first-order valence-corrected chi connectivity index (χ1v) is 9.23. The molecule has 1 aromatic heterocycles. The van der Waals surface area contributed by atoms with Crippen LogP contribution in [0.2, 0.25) is 0 Å². The van der Waals surface area contributed by atoms with Gasteiger partial charge in [-0.1, -0.05) is 0 Å². The number of anilines is 1. The van der Waals surface area contributed by atoms with E-state index in [1.54, 1.807) is 43.8 Å². The minimum absolute atomic E-state index is 0.108. The summed E-state index contributed by atoms with van der Waals surface area (Å²) in [6.45, 7) is 2.61. The molecule has 2 heterocycles. The van der Waals surface area contributed by atoms with Gasteiger partial charge in [0.15, 0.2) is 5.13 Å². The van der Waals surface area contributed by atoms with Gasteiger partial charge in [0.25, 0.3) is 5.91 Å². The molecule has 6 nitrogen and oxygen atoms in total. The molecule has 1 N–H and O–H groups in total. The first-order valence-electron chi connectivity index (χ1n) is 8.35. The number of aromatic nitrogens is 1. The summed E-state index contributed by atoms with van der Waals surface area (Å²) < 4.78 is 10.4. The number of piperidine rings is 1. The molecule has 0 saturated carbocycles. The molecule has 25 heavy (non-hydrogen) atoms. The molecule has 1 aliphatic rings. The smallest absolute Gasteiger partial charge is 0.251 e. The Morgan fingerprint density at radius 1 is 1.32 bits per heavy atom. The minimum atomic E-state index is -0.108. The summed E-state index contributed by atoms with van der Waals surface area (Å²) in [7, 11) is 3.15. The lowest BCUT2D eigenvalue weighted by atomic mass is 9.98. The molecular formula is C18H23N3O3S. The van der Waals surface area contributed by atoms with Crippen LogP contribution in [-0.2, 0) is 0 Å². The van der Waals surface area contributed by atoms with E-state index in [2.05, 4.69) is 15.2 Å². The highest BCUT2D eigenvalue weighted by Gasteiger charge is 2.22. The van der Waals surface area contributed by atoms with Crippen LogP contribution in [0.15, 0.2) is 29.8 Å². The number of rotatable bonds is 6. The highest BCUT2D eigenvalue weighted by atomic mass is 32.1. The molecule has 1 aromatic carbocycles. The zero-order valence-corrected chi connectivity index (χ0v) is 15.3. The third-order valence-corrected chi connectivity index (χ3v) is 5.21. The van der Waals surface area contributed by atoms with Crippen molar-refractivity contribution in [3.05, 3.63) is 35.3 Å². The summed E-state index contributed by atoms with van der Waals surface area (Å²) in [6.07, 6.45) is 4.07. The normalized spacial score (nSPS) is 17.2. The molecule has 7 heteroatoms. The summed E-state index contributed by atoms with van der Waals surface area (Å²) >= 11 is 1.66. The first kappa shape index (κ1) is 17.5. The maximum absolute atomic E-state index is 12.5. The summed E-state index contributed by atoms with van der Waals surface area (Å²) in [5.41, 5.74) is 0.545. The highest BCUT2D eigenvalue weighted by molar-refractivity contribution is 7.13. The van der Waals surface area contributed by atoms with Crippen LogP contribution in [-0.4, -0.2) is 44.7 Å². The van der Waals surface area contributed by atoms with Crippen LogP contribution in [0.3, 0.4) is 0 Å². The second-order valence-corrected chi connectivity index (χ2v) is 6.95. The summed E-state index contributed by atoms with van der Waals surface area (Å²) in [4.78, 5) is 19.2. The lowest BCUT2D eigenvalue weighted by Gasteiger charge is -2.32. The Bertz CT molecular complexity index is 683. The van der Waals surface area contributed by atoms with Crippen molar-refractivity contribution in [3.63, 3.8) is 0 Å². The molecule has 1 atom stereocenters. The lowest BCUT2D eigenvalue weighted by Crippen LogP contribution is -2.41. The average Bonchev–Trinajstić information content (AvgIpc) is 3.20. The molecule has 2 aromatic rings. The molecule has 0 spiro atoms. The van der Waals surface area contributed by atoms with Gasteiger partial charge < -0.3 is 19.7 Å². The van der Waals surface area contributed by atoms with E-state index in [9.17, 15) is 4.79 Å². The molecule has 1 amide bonds. The van der Waals surface area contributed by atoms with Gasteiger partial charge in [0.2, 0.25) is 0 Å². The molecule has 0 bridgehead atoms. The fraction of sp³-hybridized carbons (Fsp3) is 0.444.